The topological polar surface area (TPSA) is 76.7 Å². The highest BCUT2D eigenvalue weighted by Crippen LogP contribution is 2.39. The number of ether oxygens (including phenoxy) is 2. The third-order valence-electron chi connectivity index (χ3n) is 2.67. The summed E-state index contributed by atoms with van der Waals surface area (Å²) in [4.78, 5) is 22.8. The molecule has 1 aromatic rings. The van der Waals surface area contributed by atoms with Gasteiger partial charge in [-0.25, -0.2) is 0 Å². The number of hydrogen-bond donors (Lipinski definition) is 2. The molecule has 1 aromatic carbocycles. The third-order valence-corrected chi connectivity index (χ3v) is 2.95. The molecule has 0 aliphatic carbocycles. The summed E-state index contributed by atoms with van der Waals surface area (Å²) in [5.41, 5.74) is 0.706. The van der Waals surface area contributed by atoms with Gasteiger partial charge in [0.15, 0.2) is 11.5 Å². The second kappa shape index (κ2) is 6.99. The van der Waals surface area contributed by atoms with Crippen molar-refractivity contribution in [1.82, 2.24) is 10.6 Å². The molecule has 0 fully saturated rings. The number of rotatable bonds is 5. The van der Waals surface area contributed by atoms with Gasteiger partial charge in [-0.15, -0.1) is 0 Å². The average Bonchev–Trinajstić information content (AvgIpc) is 2.92. The molecule has 1 heterocycles. The molecule has 2 amide bonds. The predicted molar refractivity (Wildman–Crippen MR) is 78.3 cm³/mol. The van der Waals surface area contributed by atoms with E-state index < -0.39 is 0 Å². The van der Waals surface area contributed by atoms with Gasteiger partial charge in [-0.3, -0.25) is 9.59 Å². The van der Waals surface area contributed by atoms with Gasteiger partial charge in [-0.1, -0.05) is 11.6 Å². The molecule has 1 aliphatic rings. The van der Waals surface area contributed by atoms with E-state index in [2.05, 4.69) is 10.6 Å². The molecule has 0 unspecified atom stereocenters. The molecule has 7 heteroatoms. The van der Waals surface area contributed by atoms with Crippen molar-refractivity contribution < 1.29 is 19.1 Å². The van der Waals surface area contributed by atoms with Crippen molar-refractivity contribution in [3.05, 3.63) is 28.8 Å². The molecule has 0 atom stereocenters. The Morgan fingerprint density at radius 2 is 2.14 bits per heavy atom. The Labute approximate surface area is 127 Å². The Bertz CT molecular complexity index is 587. The minimum absolute atomic E-state index is 0.0566. The van der Waals surface area contributed by atoms with Crippen molar-refractivity contribution >= 4 is 29.5 Å². The summed E-state index contributed by atoms with van der Waals surface area (Å²) in [6.45, 7) is 2.41. The fourth-order valence-corrected chi connectivity index (χ4v) is 2.02. The molecule has 0 aromatic heterocycles. The molecule has 0 bridgehead atoms. The third kappa shape index (κ3) is 4.13. The lowest BCUT2D eigenvalue weighted by Crippen LogP contribution is -2.35. The van der Waals surface area contributed by atoms with Gasteiger partial charge in [0.25, 0.3) is 0 Å². The maximum atomic E-state index is 11.6. The van der Waals surface area contributed by atoms with E-state index in [0.717, 1.165) is 0 Å². The maximum Gasteiger partial charge on any atom is 0.244 e. The number of fused-ring (bicyclic) bond motifs is 1. The Morgan fingerprint density at radius 1 is 1.33 bits per heavy atom. The summed E-state index contributed by atoms with van der Waals surface area (Å²) in [7, 11) is 0. The SMILES string of the molecule is CCNC(=O)CNC(=O)/C=C/c1cc(Cl)c2c(c1)OCO2. The number of carbonyl (C=O) groups is 2. The first-order valence-corrected chi connectivity index (χ1v) is 6.79. The molecule has 6 nitrogen and oxygen atoms in total. The first kappa shape index (κ1) is 15.2. The molecule has 2 N–H and O–H groups in total. The standard InChI is InChI=1S/C14H15ClN2O4/c1-2-16-13(19)7-17-12(18)4-3-9-5-10(15)14-11(6-9)20-8-21-14/h3-6H,2,7-8H2,1H3,(H,16,19)(H,17,18)/b4-3+. The first-order valence-electron chi connectivity index (χ1n) is 6.42. The van der Waals surface area contributed by atoms with Crippen LogP contribution in [0, 0.1) is 0 Å². The Balaban J connectivity index is 1.93. The van der Waals surface area contributed by atoms with Crippen molar-refractivity contribution in [3.63, 3.8) is 0 Å². The van der Waals surface area contributed by atoms with Crippen LogP contribution in [0.5, 0.6) is 11.5 Å². The number of amides is 2. The van der Waals surface area contributed by atoms with Crippen LogP contribution in [0.25, 0.3) is 6.08 Å². The van der Waals surface area contributed by atoms with Crippen LogP contribution in [0.4, 0.5) is 0 Å². The molecule has 0 radical (unpaired) electrons. The summed E-state index contributed by atoms with van der Waals surface area (Å²) in [5.74, 6) is 0.458. The minimum atomic E-state index is -0.366. The van der Waals surface area contributed by atoms with Crippen LogP contribution in [-0.2, 0) is 9.59 Å². The van der Waals surface area contributed by atoms with Crippen molar-refractivity contribution in [2.24, 2.45) is 0 Å². The van der Waals surface area contributed by atoms with Gasteiger partial charge in [0.2, 0.25) is 18.6 Å². The normalized spacial score (nSPS) is 12.5. The largest absolute Gasteiger partial charge is 0.454 e. The maximum absolute atomic E-state index is 11.6. The predicted octanol–water partition coefficient (Wildman–Crippen LogP) is 1.33. The highest BCUT2D eigenvalue weighted by molar-refractivity contribution is 6.32. The van der Waals surface area contributed by atoms with Gasteiger partial charge in [-0.05, 0) is 30.7 Å². The Kier molecular flexibility index (Phi) is 5.05. The van der Waals surface area contributed by atoms with Crippen molar-refractivity contribution in [2.45, 2.75) is 6.92 Å². The fourth-order valence-electron chi connectivity index (χ4n) is 1.74. The highest BCUT2D eigenvalue weighted by Gasteiger charge is 2.17. The number of carbonyl (C=O) groups excluding carboxylic acids is 2. The van der Waals surface area contributed by atoms with E-state index in [0.29, 0.717) is 28.6 Å². The number of likely N-dealkylation sites (N-methyl/N-ethyl adjacent to an activating group) is 1. The van der Waals surface area contributed by atoms with E-state index in [1.165, 1.54) is 6.08 Å². The average molecular weight is 311 g/mol. The van der Waals surface area contributed by atoms with Crippen LogP contribution in [0.1, 0.15) is 12.5 Å². The van der Waals surface area contributed by atoms with Crippen molar-refractivity contribution in [2.75, 3.05) is 19.9 Å². The summed E-state index contributed by atoms with van der Waals surface area (Å²) >= 11 is 6.04. The van der Waals surface area contributed by atoms with Crippen LogP contribution < -0.4 is 20.1 Å². The van der Waals surface area contributed by atoms with Crippen molar-refractivity contribution in [3.8, 4) is 11.5 Å². The van der Waals surface area contributed by atoms with Crippen LogP contribution >= 0.6 is 11.6 Å². The molecule has 21 heavy (non-hydrogen) atoms. The smallest absolute Gasteiger partial charge is 0.244 e. The van der Waals surface area contributed by atoms with Gasteiger partial charge in [0.1, 0.15) is 0 Å². The second-order valence-corrected chi connectivity index (χ2v) is 4.65. The summed E-state index contributed by atoms with van der Waals surface area (Å²) in [6.07, 6.45) is 2.91. The molecule has 1 aliphatic heterocycles. The minimum Gasteiger partial charge on any atom is -0.454 e. The van der Waals surface area contributed by atoms with E-state index in [1.54, 1.807) is 18.2 Å². The quantitative estimate of drug-likeness (QED) is 0.805. The molecule has 112 valence electrons. The molecule has 0 saturated heterocycles. The molecule has 0 spiro atoms. The zero-order valence-corrected chi connectivity index (χ0v) is 12.2. The van der Waals surface area contributed by atoms with E-state index in [1.807, 2.05) is 6.92 Å². The summed E-state index contributed by atoms with van der Waals surface area (Å²) < 4.78 is 10.4. The van der Waals surface area contributed by atoms with Crippen LogP contribution in [0.3, 0.4) is 0 Å². The molecule has 2 rings (SSSR count). The van der Waals surface area contributed by atoms with Crippen LogP contribution in [0.2, 0.25) is 5.02 Å². The molecule has 0 saturated carbocycles. The fraction of sp³-hybridized carbons (Fsp3) is 0.286. The monoisotopic (exact) mass is 310 g/mol. The van der Waals surface area contributed by atoms with E-state index in [9.17, 15) is 9.59 Å². The lowest BCUT2D eigenvalue weighted by molar-refractivity contribution is -0.123. The zero-order chi connectivity index (χ0) is 15.2. The summed E-state index contributed by atoms with van der Waals surface area (Å²) in [6, 6.07) is 3.39. The lowest BCUT2D eigenvalue weighted by atomic mass is 10.2. The number of nitrogens with one attached hydrogen (secondary N) is 2. The van der Waals surface area contributed by atoms with Gasteiger partial charge in [0, 0.05) is 12.6 Å². The van der Waals surface area contributed by atoms with Gasteiger partial charge in [-0.2, -0.15) is 0 Å². The van der Waals surface area contributed by atoms with Crippen LogP contribution in [0.15, 0.2) is 18.2 Å². The number of benzene rings is 1. The van der Waals surface area contributed by atoms with Gasteiger partial charge in [0.05, 0.1) is 11.6 Å². The van der Waals surface area contributed by atoms with Gasteiger partial charge < -0.3 is 20.1 Å². The lowest BCUT2D eigenvalue weighted by Gasteiger charge is -2.03. The highest BCUT2D eigenvalue weighted by atomic mass is 35.5. The van der Waals surface area contributed by atoms with Gasteiger partial charge >= 0.3 is 0 Å². The Hall–Kier alpha value is -2.21. The van der Waals surface area contributed by atoms with E-state index >= 15 is 0 Å². The van der Waals surface area contributed by atoms with E-state index in [4.69, 9.17) is 21.1 Å². The molecular formula is C14H15ClN2O4. The van der Waals surface area contributed by atoms with Crippen molar-refractivity contribution in [1.29, 1.82) is 0 Å². The first-order chi connectivity index (χ1) is 10.1. The number of halogens is 1. The number of hydrogen-bond acceptors (Lipinski definition) is 4. The second-order valence-electron chi connectivity index (χ2n) is 4.24. The summed E-state index contributed by atoms with van der Waals surface area (Å²) in [5, 5.41) is 5.49. The van der Waals surface area contributed by atoms with E-state index in [-0.39, 0.29) is 25.2 Å². The molecular weight excluding hydrogens is 296 g/mol. The van der Waals surface area contributed by atoms with Crippen LogP contribution in [-0.4, -0.2) is 31.7 Å². The zero-order valence-electron chi connectivity index (χ0n) is 11.4. The Morgan fingerprint density at radius 3 is 2.90 bits per heavy atom.